The maximum absolute atomic E-state index is 12.3. The van der Waals surface area contributed by atoms with Crippen molar-refractivity contribution in [2.45, 2.75) is 31.7 Å². The molecule has 2 N–H and O–H groups in total. The van der Waals surface area contributed by atoms with Gasteiger partial charge < -0.3 is 20.3 Å². The predicted molar refractivity (Wildman–Crippen MR) is 87.5 cm³/mol. The Labute approximate surface area is 144 Å². The van der Waals surface area contributed by atoms with Crippen LogP contribution in [0.5, 0.6) is 5.75 Å². The van der Waals surface area contributed by atoms with Gasteiger partial charge in [0.1, 0.15) is 5.75 Å². The van der Waals surface area contributed by atoms with Crippen LogP contribution >= 0.6 is 0 Å². The van der Waals surface area contributed by atoms with Crippen molar-refractivity contribution in [3.63, 3.8) is 0 Å². The van der Waals surface area contributed by atoms with Crippen LogP contribution < -0.4 is 20.3 Å². The van der Waals surface area contributed by atoms with Crippen molar-refractivity contribution >= 4 is 11.6 Å². The average molecular weight is 357 g/mol. The summed E-state index contributed by atoms with van der Waals surface area (Å²) in [5.41, 5.74) is 0.658. The minimum atomic E-state index is -4.70. The van der Waals surface area contributed by atoms with Crippen molar-refractivity contribution < 1.29 is 22.7 Å². The fourth-order valence-corrected chi connectivity index (χ4v) is 2.98. The summed E-state index contributed by atoms with van der Waals surface area (Å²) in [5.74, 6) is 0.449. The molecule has 1 aromatic carbocycles. The molecule has 0 bridgehead atoms. The fraction of sp³-hybridized carbons (Fsp3) is 0.588. The molecule has 1 aromatic rings. The molecular weight excluding hydrogens is 335 g/mol. The standard InChI is InChI=1S/C17H22F3N3O2/c18-17(19,20)25-15-3-1-2-14(8-15)23-7-6-13(11-23)22-16(24)10-21-9-12-4-5-12/h1-3,8,12-13,21H,4-7,9-11H2,(H,22,24). The number of nitrogens with zero attached hydrogens (tertiary/aromatic N) is 1. The monoisotopic (exact) mass is 357 g/mol. The zero-order valence-corrected chi connectivity index (χ0v) is 13.8. The highest BCUT2D eigenvalue weighted by atomic mass is 19.4. The van der Waals surface area contributed by atoms with Gasteiger partial charge in [-0.25, -0.2) is 0 Å². The third kappa shape index (κ3) is 5.81. The minimum absolute atomic E-state index is 0.00224. The zero-order valence-electron chi connectivity index (χ0n) is 13.8. The van der Waals surface area contributed by atoms with E-state index in [1.807, 2.05) is 4.90 Å². The molecule has 8 heteroatoms. The molecule has 2 fully saturated rings. The Hall–Kier alpha value is -1.96. The van der Waals surface area contributed by atoms with E-state index in [4.69, 9.17) is 0 Å². The predicted octanol–water partition coefficient (Wildman–Crippen LogP) is 2.28. The molecule has 5 nitrogen and oxygen atoms in total. The highest BCUT2D eigenvalue weighted by Crippen LogP contribution is 2.29. The zero-order chi connectivity index (χ0) is 17.9. The van der Waals surface area contributed by atoms with Crippen LogP contribution in [0.4, 0.5) is 18.9 Å². The maximum Gasteiger partial charge on any atom is 0.573 e. The van der Waals surface area contributed by atoms with Gasteiger partial charge in [-0.05, 0) is 43.9 Å². The number of hydrogen-bond donors (Lipinski definition) is 2. The Kier molecular flexibility index (Phi) is 5.36. The molecule has 3 rings (SSSR count). The molecule has 1 aliphatic heterocycles. The number of rotatable bonds is 7. The van der Waals surface area contributed by atoms with E-state index in [-0.39, 0.29) is 17.7 Å². The first-order valence-corrected chi connectivity index (χ1v) is 8.50. The Balaban J connectivity index is 1.46. The molecule has 1 amide bonds. The van der Waals surface area contributed by atoms with Crippen molar-refractivity contribution in [2.75, 3.05) is 31.1 Å². The number of carbonyl (C=O) groups excluding carboxylic acids is 1. The van der Waals surface area contributed by atoms with Crippen LogP contribution in [-0.4, -0.2) is 44.5 Å². The second kappa shape index (κ2) is 7.51. The van der Waals surface area contributed by atoms with Gasteiger partial charge in [0.05, 0.1) is 6.54 Å². The first-order valence-electron chi connectivity index (χ1n) is 8.50. The number of halogens is 3. The Morgan fingerprint density at radius 2 is 2.08 bits per heavy atom. The number of anilines is 1. The van der Waals surface area contributed by atoms with Crippen LogP contribution in [0.15, 0.2) is 24.3 Å². The van der Waals surface area contributed by atoms with E-state index in [0.717, 1.165) is 18.9 Å². The van der Waals surface area contributed by atoms with Crippen LogP contribution in [-0.2, 0) is 4.79 Å². The van der Waals surface area contributed by atoms with E-state index in [1.54, 1.807) is 6.07 Å². The minimum Gasteiger partial charge on any atom is -0.406 e. The first kappa shape index (κ1) is 17.8. The van der Waals surface area contributed by atoms with Gasteiger partial charge >= 0.3 is 6.36 Å². The van der Waals surface area contributed by atoms with E-state index in [1.165, 1.54) is 31.0 Å². The summed E-state index contributed by atoms with van der Waals surface area (Å²) in [5, 5.41) is 6.12. The summed E-state index contributed by atoms with van der Waals surface area (Å²) in [6.45, 7) is 2.44. The Morgan fingerprint density at radius 3 is 2.80 bits per heavy atom. The van der Waals surface area contributed by atoms with Crippen LogP contribution in [0.25, 0.3) is 0 Å². The number of nitrogens with one attached hydrogen (secondary N) is 2. The Morgan fingerprint density at radius 1 is 1.28 bits per heavy atom. The molecule has 2 aliphatic rings. The smallest absolute Gasteiger partial charge is 0.406 e. The number of alkyl halides is 3. The molecule has 1 heterocycles. The fourth-order valence-electron chi connectivity index (χ4n) is 2.98. The molecule has 1 aliphatic carbocycles. The first-order chi connectivity index (χ1) is 11.9. The molecule has 1 unspecified atom stereocenters. The van der Waals surface area contributed by atoms with Crippen molar-refractivity contribution in [1.29, 1.82) is 0 Å². The molecule has 0 spiro atoms. The number of hydrogen-bond acceptors (Lipinski definition) is 4. The van der Waals surface area contributed by atoms with Gasteiger partial charge in [-0.2, -0.15) is 0 Å². The normalized spacial score (nSPS) is 20.6. The number of carbonyl (C=O) groups is 1. The van der Waals surface area contributed by atoms with E-state index < -0.39 is 6.36 Å². The Bertz CT molecular complexity index is 605. The lowest BCUT2D eigenvalue weighted by molar-refractivity contribution is -0.274. The largest absolute Gasteiger partial charge is 0.573 e. The molecule has 138 valence electrons. The molecule has 0 aromatic heterocycles. The van der Waals surface area contributed by atoms with E-state index >= 15 is 0 Å². The summed E-state index contributed by atoms with van der Waals surface area (Å²) in [7, 11) is 0. The number of benzene rings is 1. The maximum atomic E-state index is 12.3. The number of ether oxygens (including phenoxy) is 1. The van der Waals surface area contributed by atoms with E-state index in [9.17, 15) is 18.0 Å². The molecule has 1 saturated heterocycles. The van der Waals surface area contributed by atoms with Gasteiger partial charge in [0.25, 0.3) is 0 Å². The summed E-state index contributed by atoms with van der Waals surface area (Å²) >= 11 is 0. The van der Waals surface area contributed by atoms with Crippen LogP contribution in [0, 0.1) is 5.92 Å². The van der Waals surface area contributed by atoms with E-state index in [0.29, 0.717) is 25.3 Å². The highest BCUT2D eigenvalue weighted by molar-refractivity contribution is 5.78. The quantitative estimate of drug-likeness (QED) is 0.786. The lowest BCUT2D eigenvalue weighted by Crippen LogP contribution is -2.42. The summed E-state index contributed by atoms with van der Waals surface area (Å²) in [6.07, 6.45) is -1.46. The molecule has 1 saturated carbocycles. The van der Waals surface area contributed by atoms with Gasteiger partial charge in [0, 0.05) is 30.9 Å². The molecule has 25 heavy (non-hydrogen) atoms. The van der Waals surface area contributed by atoms with Crippen LogP contribution in [0.2, 0.25) is 0 Å². The summed E-state index contributed by atoms with van der Waals surface area (Å²) < 4.78 is 40.9. The van der Waals surface area contributed by atoms with Gasteiger partial charge in [0.2, 0.25) is 5.91 Å². The van der Waals surface area contributed by atoms with Gasteiger partial charge in [0.15, 0.2) is 0 Å². The summed E-state index contributed by atoms with van der Waals surface area (Å²) in [6, 6.07) is 5.92. The van der Waals surface area contributed by atoms with Crippen molar-refractivity contribution in [3.8, 4) is 5.75 Å². The van der Waals surface area contributed by atoms with Gasteiger partial charge in [-0.1, -0.05) is 6.07 Å². The molecule has 0 radical (unpaired) electrons. The number of amides is 1. The highest BCUT2D eigenvalue weighted by Gasteiger charge is 2.31. The van der Waals surface area contributed by atoms with Crippen molar-refractivity contribution in [2.24, 2.45) is 5.92 Å². The third-order valence-corrected chi connectivity index (χ3v) is 4.39. The van der Waals surface area contributed by atoms with Crippen LogP contribution in [0.3, 0.4) is 0 Å². The molecular formula is C17H22F3N3O2. The molecule has 1 atom stereocenters. The lowest BCUT2D eigenvalue weighted by Gasteiger charge is -2.20. The van der Waals surface area contributed by atoms with Crippen molar-refractivity contribution in [1.82, 2.24) is 10.6 Å². The third-order valence-electron chi connectivity index (χ3n) is 4.39. The average Bonchev–Trinajstić information content (AvgIpc) is 3.23. The second-order valence-electron chi connectivity index (χ2n) is 6.62. The lowest BCUT2D eigenvalue weighted by atomic mass is 10.2. The van der Waals surface area contributed by atoms with E-state index in [2.05, 4.69) is 15.4 Å². The second-order valence-corrected chi connectivity index (χ2v) is 6.62. The SMILES string of the molecule is O=C(CNCC1CC1)NC1CCN(c2cccc(OC(F)(F)F)c2)C1. The van der Waals surface area contributed by atoms with Gasteiger partial charge in [-0.15, -0.1) is 13.2 Å². The van der Waals surface area contributed by atoms with Gasteiger partial charge in [-0.3, -0.25) is 4.79 Å². The topological polar surface area (TPSA) is 53.6 Å². The van der Waals surface area contributed by atoms with Crippen molar-refractivity contribution in [3.05, 3.63) is 24.3 Å². The van der Waals surface area contributed by atoms with Crippen LogP contribution in [0.1, 0.15) is 19.3 Å². The summed E-state index contributed by atoms with van der Waals surface area (Å²) in [4.78, 5) is 13.9.